The molecule has 3 N–H and O–H groups in total. The number of Topliss-reactive ketones (excluding diaryl/α,β-unsaturated/α-hetero) is 1. The van der Waals surface area contributed by atoms with Crippen molar-refractivity contribution in [1.29, 1.82) is 0 Å². The SMILES string of the molecule is CNC(C)CC(=O)c1ccc(Br)cc1N. The summed E-state index contributed by atoms with van der Waals surface area (Å²) < 4.78 is 0.887. The van der Waals surface area contributed by atoms with Crippen LogP contribution in [0.2, 0.25) is 0 Å². The van der Waals surface area contributed by atoms with Crippen molar-refractivity contribution in [2.75, 3.05) is 12.8 Å². The summed E-state index contributed by atoms with van der Waals surface area (Å²) in [6.45, 7) is 1.97. The molecule has 0 aliphatic heterocycles. The molecule has 0 saturated carbocycles. The minimum atomic E-state index is 0.0712. The maximum atomic E-state index is 11.8. The quantitative estimate of drug-likeness (QED) is 0.652. The molecule has 1 unspecified atom stereocenters. The molecule has 0 bridgehead atoms. The Morgan fingerprint density at radius 2 is 2.27 bits per heavy atom. The van der Waals surface area contributed by atoms with Crippen molar-refractivity contribution < 1.29 is 4.79 Å². The average molecular weight is 271 g/mol. The summed E-state index contributed by atoms with van der Waals surface area (Å²) in [6, 6.07) is 5.50. The predicted octanol–water partition coefficient (Wildman–Crippen LogP) is 2.21. The van der Waals surface area contributed by atoms with Gasteiger partial charge in [-0.15, -0.1) is 0 Å². The first-order valence-corrected chi connectivity index (χ1v) is 5.59. The van der Waals surface area contributed by atoms with Gasteiger partial charge in [-0.25, -0.2) is 0 Å². The van der Waals surface area contributed by atoms with Crippen LogP contribution in [0.1, 0.15) is 23.7 Å². The standard InChI is InChI=1S/C11H15BrN2O/c1-7(14-2)5-11(15)9-4-3-8(12)6-10(9)13/h3-4,6-7,14H,5,13H2,1-2H3. The largest absolute Gasteiger partial charge is 0.398 e. The second-order valence-electron chi connectivity index (χ2n) is 3.55. The molecule has 1 aromatic carbocycles. The molecule has 0 aliphatic carbocycles. The van der Waals surface area contributed by atoms with Crippen molar-refractivity contribution in [2.24, 2.45) is 0 Å². The zero-order chi connectivity index (χ0) is 11.4. The van der Waals surface area contributed by atoms with Crippen LogP contribution in [-0.2, 0) is 0 Å². The van der Waals surface area contributed by atoms with Crippen molar-refractivity contribution in [1.82, 2.24) is 5.32 Å². The van der Waals surface area contributed by atoms with E-state index in [2.05, 4.69) is 21.2 Å². The van der Waals surface area contributed by atoms with Crippen LogP contribution >= 0.6 is 15.9 Å². The van der Waals surface area contributed by atoms with Crippen LogP contribution in [0, 0.1) is 0 Å². The Kier molecular flexibility index (Phi) is 4.29. The summed E-state index contributed by atoms with van der Waals surface area (Å²) in [5, 5.41) is 3.03. The van der Waals surface area contributed by atoms with E-state index >= 15 is 0 Å². The number of halogens is 1. The molecule has 82 valence electrons. The van der Waals surface area contributed by atoms with E-state index in [0.29, 0.717) is 17.7 Å². The molecule has 1 atom stereocenters. The third-order valence-corrected chi connectivity index (χ3v) is 2.79. The number of nitrogens with one attached hydrogen (secondary N) is 1. The van der Waals surface area contributed by atoms with E-state index in [9.17, 15) is 4.79 Å². The van der Waals surface area contributed by atoms with Crippen molar-refractivity contribution in [3.63, 3.8) is 0 Å². The zero-order valence-electron chi connectivity index (χ0n) is 8.88. The van der Waals surface area contributed by atoms with Crippen molar-refractivity contribution in [3.05, 3.63) is 28.2 Å². The number of carbonyl (C=O) groups excluding carboxylic acids is 1. The van der Waals surface area contributed by atoms with Gasteiger partial charge in [-0.3, -0.25) is 4.79 Å². The third kappa shape index (κ3) is 3.32. The van der Waals surface area contributed by atoms with E-state index in [1.165, 1.54) is 0 Å². The minimum absolute atomic E-state index is 0.0712. The van der Waals surface area contributed by atoms with Gasteiger partial charge in [0.15, 0.2) is 5.78 Å². The van der Waals surface area contributed by atoms with Crippen LogP contribution in [0.3, 0.4) is 0 Å². The summed E-state index contributed by atoms with van der Waals surface area (Å²) in [4.78, 5) is 11.8. The van der Waals surface area contributed by atoms with Crippen LogP contribution in [0.15, 0.2) is 22.7 Å². The van der Waals surface area contributed by atoms with Gasteiger partial charge in [-0.2, -0.15) is 0 Å². The fraction of sp³-hybridized carbons (Fsp3) is 0.364. The maximum Gasteiger partial charge on any atom is 0.166 e. The molecule has 1 rings (SSSR count). The summed E-state index contributed by atoms with van der Waals surface area (Å²) >= 11 is 3.31. The van der Waals surface area contributed by atoms with E-state index in [1.54, 1.807) is 12.1 Å². The van der Waals surface area contributed by atoms with Crippen LogP contribution in [0.25, 0.3) is 0 Å². The van der Waals surface area contributed by atoms with Crippen LogP contribution in [0.4, 0.5) is 5.69 Å². The van der Waals surface area contributed by atoms with Crippen LogP contribution in [0.5, 0.6) is 0 Å². The highest BCUT2D eigenvalue weighted by Crippen LogP contribution is 2.20. The lowest BCUT2D eigenvalue weighted by Gasteiger charge is -2.10. The van der Waals surface area contributed by atoms with Crippen molar-refractivity contribution in [3.8, 4) is 0 Å². The van der Waals surface area contributed by atoms with Gasteiger partial charge in [-0.05, 0) is 32.2 Å². The monoisotopic (exact) mass is 270 g/mol. The van der Waals surface area contributed by atoms with E-state index in [1.807, 2.05) is 20.0 Å². The van der Waals surface area contributed by atoms with E-state index in [-0.39, 0.29) is 11.8 Å². The molecule has 4 heteroatoms. The molecular weight excluding hydrogens is 256 g/mol. The van der Waals surface area contributed by atoms with Crippen LogP contribution < -0.4 is 11.1 Å². The van der Waals surface area contributed by atoms with Gasteiger partial charge >= 0.3 is 0 Å². The van der Waals surface area contributed by atoms with Crippen LogP contribution in [-0.4, -0.2) is 18.9 Å². The van der Waals surface area contributed by atoms with Gasteiger partial charge in [0.05, 0.1) is 0 Å². The first-order valence-electron chi connectivity index (χ1n) is 4.80. The van der Waals surface area contributed by atoms with E-state index in [0.717, 1.165) is 4.47 Å². The molecular formula is C11H15BrN2O. The number of anilines is 1. The summed E-state index contributed by atoms with van der Waals surface area (Å²) in [7, 11) is 1.84. The lowest BCUT2D eigenvalue weighted by atomic mass is 10.0. The van der Waals surface area contributed by atoms with E-state index in [4.69, 9.17) is 5.73 Å². The summed E-state index contributed by atoms with van der Waals surface area (Å²) in [5.74, 6) is 0.0712. The molecule has 0 fully saturated rings. The van der Waals surface area contributed by atoms with Gasteiger partial charge < -0.3 is 11.1 Å². The van der Waals surface area contributed by atoms with Gasteiger partial charge in [0.25, 0.3) is 0 Å². The Labute approximate surface area is 98.2 Å². The Balaban J connectivity index is 2.82. The van der Waals surface area contributed by atoms with Crippen molar-refractivity contribution >= 4 is 27.4 Å². The smallest absolute Gasteiger partial charge is 0.166 e. The number of rotatable bonds is 4. The second kappa shape index (κ2) is 5.28. The highest BCUT2D eigenvalue weighted by atomic mass is 79.9. The summed E-state index contributed by atoms with van der Waals surface area (Å²) in [5.41, 5.74) is 6.89. The molecule has 0 radical (unpaired) electrons. The highest BCUT2D eigenvalue weighted by molar-refractivity contribution is 9.10. The molecule has 0 aromatic heterocycles. The number of hydrogen-bond donors (Lipinski definition) is 2. The normalized spacial score (nSPS) is 12.5. The molecule has 0 spiro atoms. The Hall–Kier alpha value is -0.870. The topological polar surface area (TPSA) is 55.1 Å². The molecule has 0 saturated heterocycles. The first-order chi connectivity index (χ1) is 7.04. The maximum absolute atomic E-state index is 11.8. The number of nitrogens with two attached hydrogens (primary N) is 1. The molecule has 0 aliphatic rings. The zero-order valence-corrected chi connectivity index (χ0v) is 10.5. The number of hydrogen-bond acceptors (Lipinski definition) is 3. The fourth-order valence-corrected chi connectivity index (χ4v) is 1.66. The Bertz CT molecular complexity index is 366. The molecule has 3 nitrogen and oxygen atoms in total. The average Bonchev–Trinajstić information content (AvgIpc) is 2.17. The van der Waals surface area contributed by atoms with Gasteiger partial charge in [0.2, 0.25) is 0 Å². The number of benzene rings is 1. The molecule has 0 amide bonds. The molecule has 1 aromatic rings. The number of ketones is 1. The predicted molar refractivity (Wildman–Crippen MR) is 66.0 cm³/mol. The Morgan fingerprint density at radius 3 is 2.80 bits per heavy atom. The van der Waals surface area contributed by atoms with Gasteiger partial charge in [-0.1, -0.05) is 15.9 Å². The fourth-order valence-electron chi connectivity index (χ4n) is 1.28. The Morgan fingerprint density at radius 1 is 1.60 bits per heavy atom. The molecule has 0 heterocycles. The number of nitrogen functional groups attached to an aromatic ring is 1. The molecule has 15 heavy (non-hydrogen) atoms. The first kappa shape index (κ1) is 12.2. The van der Waals surface area contributed by atoms with E-state index < -0.39 is 0 Å². The minimum Gasteiger partial charge on any atom is -0.398 e. The summed E-state index contributed by atoms with van der Waals surface area (Å²) in [6.07, 6.45) is 0.461. The third-order valence-electron chi connectivity index (χ3n) is 2.30. The second-order valence-corrected chi connectivity index (χ2v) is 4.46. The lowest BCUT2D eigenvalue weighted by Crippen LogP contribution is -2.24. The van der Waals surface area contributed by atoms with Crippen molar-refractivity contribution in [2.45, 2.75) is 19.4 Å². The highest BCUT2D eigenvalue weighted by Gasteiger charge is 2.12. The van der Waals surface area contributed by atoms with Gasteiger partial charge in [0, 0.05) is 28.2 Å². The number of carbonyl (C=O) groups is 1. The lowest BCUT2D eigenvalue weighted by molar-refractivity contribution is 0.0973. The van der Waals surface area contributed by atoms with Gasteiger partial charge in [0.1, 0.15) is 0 Å².